The van der Waals surface area contributed by atoms with E-state index in [1.165, 1.54) is 14.2 Å². The molecule has 7 nitrogen and oxygen atoms in total. The largest absolute Gasteiger partial charge is 0.481 e. The number of carbonyl (C=O) groups is 2. The Bertz CT molecular complexity index is 1350. The van der Waals surface area contributed by atoms with Crippen LogP contribution in [0.1, 0.15) is 61.7 Å². The van der Waals surface area contributed by atoms with E-state index in [1.807, 2.05) is 12.1 Å². The third kappa shape index (κ3) is 7.45. The quantitative estimate of drug-likeness (QED) is 0.202. The van der Waals surface area contributed by atoms with Crippen molar-refractivity contribution in [2.45, 2.75) is 66.6 Å². The van der Waals surface area contributed by atoms with Crippen LogP contribution in [0.25, 0.3) is 11.1 Å². The third-order valence-corrected chi connectivity index (χ3v) is 6.93. The molecule has 0 bridgehead atoms. The lowest BCUT2D eigenvalue weighted by atomic mass is 9.93. The molecule has 40 heavy (non-hydrogen) atoms. The third-order valence-electron chi connectivity index (χ3n) is 6.93. The number of halogens is 1. The predicted molar refractivity (Wildman–Crippen MR) is 153 cm³/mol. The van der Waals surface area contributed by atoms with Crippen molar-refractivity contribution in [2.75, 3.05) is 14.2 Å². The number of esters is 2. The van der Waals surface area contributed by atoms with Crippen molar-refractivity contribution < 1.29 is 28.2 Å². The highest BCUT2D eigenvalue weighted by Crippen LogP contribution is 2.33. The second-order valence-corrected chi connectivity index (χ2v) is 10.6. The molecule has 1 aromatic heterocycles. The van der Waals surface area contributed by atoms with Crippen molar-refractivity contribution in [3.05, 3.63) is 76.7 Å². The summed E-state index contributed by atoms with van der Waals surface area (Å²) in [6.07, 6.45) is 1.60. The average molecular weight is 551 g/mol. The summed E-state index contributed by atoms with van der Waals surface area (Å²) >= 11 is 0. The molecule has 0 spiro atoms. The molecular formula is C32H39FN2O5. The summed E-state index contributed by atoms with van der Waals surface area (Å²) in [6.45, 7) is 12.5. The molecule has 0 radical (unpaired) electrons. The van der Waals surface area contributed by atoms with E-state index in [0.29, 0.717) is 46.8 Å². The van der Waals surface area contributed by atoms with Gasteiger partial charge in [0.25, 0.3) is 0 Å². The number of nitrogens with zero attached hydrogens (tertiary/aromatic N) is 2. The molecular weight excluding hydrogens is 511 g/mol. The van der Waals surface area contributed by atoms with Gasteiger partial charge in [-0.1, -0.05) is 25.1 Å². The minimum atomic E-state index is -0.517. The lowest BCUT2D eigenvalue weighted by Gasteiger charge is -2.31. The van der Waals surface area contributed by atoms with E-state index in [9.17, 15) is 9.59 Å². The molecule has 0 fully saturated rings. The maximum absolute atomic E-state index is 15.1. The fourth-order valence-electron chi connectivity index (χ4n) is 4.79. The number of hydrogen-bond acceptors (Lipinski definition) is 7. The van der Waals surface area contributed by atoms with Crippen molar-refractivity contribution in [3.63, 3.8) is 0 Å². The summed E-state index contributed by atoms with van der Waals surface area (Å²) in [7, 11) is 2.85. The van der Waals surface area contributed by atoms with Crippen LogP contribution in [0.5, 0.6) is 11.6 Å². The maximum atomic E-state index is 15.1. The molecule has 0 aliphatic rings. The highest BCUT2D eigenvalue weighted by Gasteiger charge is 2.23. The van der Waals surface area contributed by atoms with E-state index in [1.54, 1.807) is 44.2 Å². The summed E-state index contributed by atoms with van der Waals surface area (Å²) in [5.41, 5.74) is 3.69. The lowest BCUT2D eigenvalue weighted by Crippen LogP contribution is -2.36. The van der Waals surface area contributed by atoms with Crippen LogP contribution in [0, 0.1) is 18.7 Å². The van der Waals surface area contributed by atoms with Gasteiger partial charge in [-0.05, 0) is 81.5 Å². The molecule has 214 valence electrons. The summed E-state index contributed by atoms with van der Waals surface area (Å²) in [6, 6.07) is 12.7. The Kier molecular flexibility index (Phi) is 10.4. The summed E-state index contributed by atoms with van der Waals surface area (Å²) < 4.78 is 30.9. The van der Waals surface area contributed by atoms with Crippen LogP contribution in [0.2, 0.25) is 0 Å². The molecule has 3 rings (SSSR count). The number of benzene rings is 2. The first kappa shape index (κ1) is 30.8. The van der Waals surface area contributed by atoms with Gasteiger partial charge in [0, 0.05) is 30.3 Å². The number of pyridine rings is 1. The number of ether oxygens (including phenoxy) is 3. The summed E-state index contributed by atoms with van der Waals surface area (Å²) in [5.74, 6) is -0.946. The molecule has 0 N–H and O–H groups in total. The molecule has 3 aromatic rings. The van der Waals surface area contributed by atoms with Crippen LogP contribution in [-0.2, 0) is 22.5 Å². The zero-order chi connectivity index (χ0) is 29.6. The average Bonchev–Trinajstić information content (AvgIpc) is 2.91. The number of carbonyl (C=O) groups excluding carboxylic acids is 2. The normalized spacial score (nSPS) is 12.1. The van der Waals surface area contributed by atoms with Gasteiger partial charge in [0.05, 0.1) is 31.9 Å². The van der Waals surface area contributed by atoms with E-state index in [4.69, 9.17) is 14.2 Å². The second kappa shape index (κ2) is 13.5. The highest BCUT2D eigenvalue weighted by atomic mass is 19.1. The van der Waals surface area contributed by atoms with E-state index in [0.717, 1.165) is 17.3 Å². The molecule has 0 amide bonds. The van der Waals surface area contributed by atoms with Crippen LogP contribution in [0.15, 0.2) is 48.7 Å². The summed E-state index contributed by atoms with van der Waals surface area (Å²) in [4.78, 5) is 31.5. The minimum absolute atomic E-state index is 0.219. The monoisotopic (exact) mass is 550 g/mol. The Morgan fingerprint density at radius 3 is 2.30 bits per heavy atom. The Morgan fingerprint density at radius 1 is 0.975 bits per heavy atom. The summed E-state index contributed by atoms with van der Waals surface area (Å²) in [5, 5.41) is 0. The fourth-order valence-corrected chi connectivity index (χ4v) is 4.79. The first-order chi connectivity index (χ1) is 18.9. The number of methoxy groups -OCH3 is 2. The van der Waals surface area contributed by atoms with Gasteiger partial charge >= 0.3 is 11.9 Å². The number of hydrogen-bond donors (Lipinski definition) is 0. The molecule has 0 aliphatic heterocycles. The molecule has 1 heterocycles. The number of aryl methyl sites for hydroxylation is 1. The van der Waals surface area contributed by atoms with Crippen LogP contribution >= 0.6 is 0 Å². The molecule has 1 atom stereocenters. The van der Waals surface area contributed by atoms with Crippen LogP contribution < -0.4 is 9.47 Å². The topological polar surface area (TPSA) is 78.0 Å². The molecule has 2 aromatic carbocycles. The van der Waals surface area contributed by atoms with Gasteiger partial charge in [-0.3, -0.25) is 9.69 Å². The minimum Gasteiger partial charge on any atom is -0.481 e. The molecule has 8 heteroatoms. The van der Waals surface area contributed by atoms with Gasteiger partial charge < -0.3 is 14.2 Å². The van der Waals surface area contributed by atoms with Crippen molar-refractivity contribution in [3.8, 4) is 22.8 Å². The molecule has 0 aliphatic carbocycles. The molecule has 0 saturated carbocycles. The van der Waals surface area contributed by atoms with Gasteiger partial charge in [0.2, 0.25) is 5.88 Å². The van der Waals surface area contributed by atoms with Gasteiger partial charge in [0.15, 0.2) is 0 Å². The van der Waals surface area contributed by atoms with E-state index < -0.39 is 11.8 Å². The Balaban J connectivity index is 2.02. The number of rotatable bonds is 11. The van der Waals surface area contributed by atoms with E-state index >= 15 is 4.39 Å². The number of aromatic nitrogens is 1. The van der Waals surface area contributed by atoms with E-state index in [2.05, 4.69) is 37.6 Å². The van der Waals surface area contributed by atoms with Crippen molar-refractivity contribution in [1.82, 2.24) is 9.88 Å². The molecule has 0 saturated heterocycles. The zero-order valence-corrected chi connectivity index (χ0v) is 24.6. The lowest BCUT2D eigenvalue weighted by molar-refractivity contribution is -0.144. The van der Waals surface area contributed by atoms with E-state index in [-0.39, 0.29) is 24.0 Å². The smallest absolute Gasteiger partial charge is 0.343 e. The molecule has 0 unspecified atom stereocenters. The van der Waals surface area contributed by atoms with Gasteiger partial charge in [-0.25, -0.2) is 14.2 Å². The Labute approximate surface area is 236 Å². The Morgan fingerprint density at radius 2 is 1.68 bits per heavy atom. The zero-order valence-electron chi connectivity index (χ0n) is 24.6. The van der Waals surface area contributed by atoms with Crippen LogP contribution in [0.4, 0.5) is 4.39 Å². The van der Waals surface area contributed by atoms with Crippen molar-refractivity contribution in [1.29, 1.82) is 0 Å². The van der Waals surface area contributed by atoms with Crippen LogP contribution in [-0.4, -0.2) is 48.1 Å². The maximum Gasteiger partial charge on any atom is 0.343 e. The SMILES string of the molecule is COC(=O)[C@@H](C)Cc1cccc(OC(=O)c2cc(CN(C(C)C)C(C)C)c(-c3cc(OC)ncc3F)cc2C)c1. The second-order valence-electron chi connectivity index (χ2n) is 10.6. The first-order valence-corrected chi connectivity index (χ1v) is 13.4. The standard InChI is InChI=1S/C32H39FN2O5/c1-19(2)35(20(3)4)18-24-15-26(21(5)13-27(24)28-16-30(38-7)34-17-29(28)33)32(37)40-25-11-9-10-23(14-25)12-22(6)31(36)39-8/h9-11,13-17,19-20,22H,12,18H2,1-8H3/t22-/m0/s1. The van der Waals surface area contributed by atoms with Gasteiger partial charge in [0.1, 0.15) is 11.6 Å². The predicted octanol–water partition coefficient (Wildman–Crippen LogP) is 6.39. The first-order valence-electron chi connectivity index (χ1n) is 13.4. The highest BCUT2D eigenvalue weighted by molar-refractivity contribution is 5.94. The van der Waals surface area contributed by atoms with Crippen molar-refractivity contribution >= 4 is 11.9 Å². The Hall–Kier alpha value is -3.78. The van der Waals surface area contributed by atoms with Crippen molar-refractivity contribution in [2.24, 2.45) is 5.92 Å². The van der Waals surface area contributed by atoms with Gasteiger partial charge in [-0.2, -0.15) is 0 Å². The van der Waals surface area contributed by atoms with Gasteiger partial charge in [-0.15, -0.1) is 0 Å². The van der Waals surface area contributed by atoms with Crippen LogP contribution in [0.3, 0.4) is 0 Å². The fraction of sp³-hybridized carbons (Fsp3) is 0.406.